The van der Waals surface area contributed by atoms with E-state index >= 15 is 0 Å². The van der Waals surface area contributed by atoms with Gasteiger partial charge in [0.25, 0.3) is 0 Å². The van der Waals surface area contributed by atoms with Crippen molar-refractivity contribution in [1.82, 2.24) is 14.7 Å². The van der Waals surface area contributed by atoms with Gasteiger partial charge >= 0.3 is 0 Å². The topological polar surface area (TPSA) is 58.4 Å². The van der Waals surface area contributed by atoms with E-state index in [1.165, 1.54) is 0 Å². The smallest absolute Gasteiger partial charge is 0.179 e. The number of rotatable bonds is 7. The number of carbonyl (C=O) groups is 1. The number of benzene rings is 1. The number of hydrogen-bond acceptors (Lipinski definition) is 4. The number of aryl methyl sites for hydroxylation is 1. The number of hydrogen-bond donors (Lipinski definition) is 1. The summed E-state index contributed by atoms with van der Waals surface area (Å²) >= 11 is 0. The molecule has 1 heterocycles. The predicted molar refractivity (Wildman–Crippen MR) is 85.6 cm³/mol. The molecule has 5 nitrogen and oxygen atoms in total. The summed E-state index contributed by atoms with van der Waals surface area (Å²) in [6.07, 6.45) is 3.29. The first-order chi connectivity index (χ1) is 10.3. The first-order valence-corrected chi connectivity index (χ1v) is 7.34. The summed E-state index contributed by atoms with van der Waals surface area (Å²) in [6, 6.07) is 9.95. The fraction of sp³-hybridized carbons (Fsp3) is 0.412. The molecular weight excluding hydrogens is 278 g/mol. The van der Waals surface area contributed by atoms with Crippen LogP contribution in [-0.4, -0.2) is 44.3 Å². The predicted octanol–water partition coefficient (Wildman–Crippen LogP) is 1.88. The molecule has 2 rings (SSSR count). The molecule has 5 heteroatoms. The van der Waals surface area contributed by atoms with Gasteiger partial charge in [0.1, 0.15) is 0 Å². The Kier molecular flexibility index (Phi) is 5.11. The zero-order valence-corrected chi connectivity index (χ0v) is 13.4. The minimum atomic E-state index is -0.857. The van der Waals surface area contributed by atoms with E-state index in [4.69, 9.17) is 0 Å². The van der Waals surface area contributed by atoms with Crippen LogP contribution in [0.4, 0.5) is 0 Å². The van der Waals surface area contributed by atoms with Gasteiger partial charge in [-0.1, -0.05) is 30.3 Å². The summed E-state index contributed by atoms with van der Waals surface area (Å²) < 4.78 is 1.62. The van der Waals surface area contributed by atoms with Crippen LogP contribution in [0.25, 0.3) is 0 Å². The van der Waals surface area contributed by atoms with Gasteiger partial charge in [-0.2, -0.15) is 5.10 Å². The lowest BCUT2D eigenvalue weighted by Crippen LogP contribution is -2.40. The lowest BCUT2D eigenvalue weighted by Gasteiger charge is -2.28. The van der Waals surface area contributed by atoms with E-state index in [1.54, 1.807) is 38.0 Å². The summed E-state index contributed by atoms with van der Waals surface area (Å²) in [5, 5.41) is 14.1. The lowest BCUT2D eigenvalue weighted by molar-refractivity contribution is 0.0335. The van der Waals surface area contributed by atoms with Crippen molar-refractivity contribution in [3.8, 4) is 0 Å². The van der Waals surface area contributed by atoms with Gasteiger partial charge in [0.2, 0.25) is 0 Å². The Morgan fingerprint density at radius 2 is 2.00 bits per heavy atom. The first-order valence-electron chi connectivity index (χ1n) is 7.34. The summed E-state index contributed by atoms with van der Waals surface area (Å²) in [5.74, 6) is 0.00767. The minimum Gasteiger partial charge on any atom is -0.389 e. The fourth-order valence-electron chi connectivity index (χ4n) is 2.42. The maximum atomic E-state index is 12.4. The maximum absolute atomic E-state index is 12.4. The van der Waals surface area contributed by atoms with Crippen LogP contribution >= 0.6 is 0 Å². The standard InChI is InChI=1S/C17H23N3O2/c1-17(2,22)13-20(10-14-7-5-4-6-8-14)12-16(21)15-9-18-19(3)11-15/h4-9,11,22H,10,12-13H2,1-3H3. The van der Waals surface area contributed by atoms with Gasteiger partial charge in [0, 0.05) is 26.3 Å². The SMILES string of the molecule is Cn1cc(C(=O)CN(Cc2ccccc2)CC(C)(C)O)cn1. The number of aromatic nitrogens is 2. The Bertz CT molecular complexity index is 614. The van der Waals surface area contributed by atoms with Gasteiger partial charge in [-0.05, 0) is 19.4 Å². The third-order valence-corrected chi connectivity index (χ3v) is 3.25. The zero-order chi connectivity index (χ0) is 16.2. The Balaban J connectivity index is 2.08. The molecule has 0 fully saturated rings. The quantitative estimate of drug-likeness (QED) is 0.793. The van der Waals surface area contributed by atoms with Crippen molar-refractivity contribution in [2.24, 2.45) is 7.05 Å². The fourth-order valence-corrected chi connectivity index (χ4v) is 2.42. The number of Topliss-reactive ketones (excluding diaryl/α,β-unsaturated/α-hetero) is 1. The molecule has 22 heavy (non-hydrogen) atoms. The summed E-state index contributed by atoms with van der Waals surface area (Å²) in [7, 11) is 1.79. The van der Waals surface area contributed by atoms with Crippen molar-refractivity contribution < 1.29 is 9.90 Å². The highest BCUT2D eigenvalue weighted by atomic mass is 16.3. The molecule has 0 saturated heterocycles. The van der Waals surface area contributed by atoms with Gasteiger partial charge in [0.15, 0.2) is 5.78 Å². The zero-order valence-electron chi connectivity index (χ0n) is 13.4. The van der Waals surface area contributed by atoms with Crippen molar-refractivity contribution in [2.45, 2.75) is 26.0 Å². The largest absolute Gasteiger partial charge is 0.389 e. The Labute approximate surface area is 131 Å². The molecule has 0 radical (unpaired) electrons. The summed E-state index contributed by atoms with van der Waals surface area (Å²) in [5.41, 5.74) is 0.853. The van der Waals surface area contributed by atoms with Crippen LogP contribution in [0, 0.1) is 0 Å². The van der Waals surface area contributed by atoms with E-state index in [0.29, 0.717) is 18.7 Å². The van der Waals surface area contributed by atoms with Crippen LogP contribution in [0.2, 0.25) is 0 Å². The van der Waals surface area contributed by atoms with E-state index in [9.17, 15) is 9.90 Å². The molecule has 118 valence electrons. The van der Waals surface area contributed by atoms with E-state index in [1.807, 2.05) is 35.2 Å². The van der Waals surface area contributed by atoms with E-state index < -0.39 is 5.60 Å². The number of nitrogens with zero attached hydrogens (tertiary/aromatic N) is 3. The maximum Gasteiger partial charge on any atom is 0.179 e. The molecule has 1 aromatic carbocycles. The molecule has 0 amide bonds. The molecule has 0 aliphatic rings. The third kappa shape index (κ3) is 5.09. The monoisotopic (exact) mass is 301 g/mol. The van der Waals surface area contributed by atoms with Crippen LogP contribution in [0.3, 0.4) is 0 Å². The molecule has 1 N–H and O–H groups in total. The summed E-state index contributed by atoms with van der Waals surface area (Å²) in [4.78, 5) is 14.3. The van der Waals surface area contributed by atoms with Crippen molar-refractivity contribution in [1.29, 1.82) is 0 Å². The molecule has 0 atom stereocenters. The van der Waals surface area contributed by atoms with E-state index in [0.717, 1.165) is 5.56 Å². The first kappa shape index (κ1) is 16.4. The van der Waals surface area contributed by atoms with Gasteiger partial charge in [0.05, 0.1) is 23.9 Å². The van der Waals surface area contributed by atoms with Crippen LogP contribution in [0.5, 0.6) is 0 Å². The number of ketones is 1. The molecule has 0 saturated carbocycles. The van der Waals surface area contributed by atoms with Crippen LogP contribution in [0.15, 0.2) is 42.7 Å². The molecular formula is C17H23N3O2. The highest BCUT2D eigenvalue weighted by Gasteiger charge is 2.21. The molecule has 2 aromatic rings. The third-order valence-electron chi connectivity index (χ3n) is 3.25. The Hall–Kier alpha value is -1.98. The normalized spacial score (nSPS) is 11.9. The molecule has 1 aromatic heterocycles. The van der Waals surface area contributed by atoms with Gasteiger partial charge in [-0.3, -0.25) is 14.4 Å². The second-order valence-corrected chi connectivity index (χ2v) is 6.27. The average molecular weight is 301 g/mol. The van der Waals surface area contributed by atoms with Crippen LogP contribution in [0.1, 0.15) is 29.8 Å². The van der Waals surface area contributed by atoms with Crippen molar-refractivity contribution in [2.75, 3.05) is 13.1 Å². The van der Waals surface area contributed by atoms with Crippen molar-refractivity contribution in [3.05, 3.63) is 53.9 Å². The van der Waals surface area contributed by atoms with Gasteiger partial charge in [-0.15, -0.1) is 0 Å². The second kappa shape index (κ2) is 6.85. The Morgan fingerprint density at radius 1 is 1.32 bits per heavy atom. The molecule has 0 aliphatic carbocycles. The van der Waals surface area contributed by atoms with Crippen LogP contribution in [-0.2, 0) is 13.6 Å². The lowest BCUT2D eigenvalue weighted by atomic mass is 10.1. The molecule has 0 aliphatic heterocycles. The van der Waals surface area contributed by atoms with Gasteiger partial charge < -0.3 is 5.11 Å². The highest BCUT2D eigenvalue weighted by molar-refractivity contribution is 5.97. The Morgan fingerprint density at radius 3 is 2.55 bits per heavy atom. The molecule has 0 unspecified atom stereocenters. The second-order valence-electron chi connectivity index (χ2n) is 6.27. The van der Waals surface area contributed by atoms with Crippen molar-refractivity contribution >= 4 is 5.78 Å². The van der Waals surface area contributed by atoms with Crippen LogP contribution < -0.4 is 0 Å². The number of aliphatic hydroxyl groups is 1. The average Bonchev–Trinajstić information content (AvgIpc) is 2.84. The minimum absolute atomic E-state index is 0.00767. The van der Waals surface area contributed by atoms with E-state index in [2.05, 4.69) is 5.10 Å². The highest BCUT2D eigenvalue weighted by Crippen LogP contribution is 2.11. The summed E-state index contributed by atoms with van der Waals surface area (Å²) in [6.45, 7) is 4.80. The molecule has 0 spiro atoms. The number of carbonyl (C=O) groups excluding carboxylic acids is 1. The van der Waals surface area contributed by atoms with Gasteiger partial charge in [-0.25, -0.2) is 0 Å². The van der Waals surface area contributed by atoms with Crippen molar-refractivity contribution in [3.63, 3.8) is 0 Å². The van der Waals surface area contributed by atoms with E-state index in [-0.39, 0.29) is 12.3 Å². The molecule has 0 bridgehead atoms.